The van der Waals surface area contributed by atoms with Gasteiger partial charge in [-0.15, -0.1) is 0 Å². The Hall–Kier alpha value is -1.95. The predicted octanol–water partition coefficient (Wildman–Crippen LogP) is 1.46. The molecule has 2 rings (SSSR count). The molecule has 1 fully saturated rings. The van der Waals surface area contributed by atoms with Crippen LogP contribution in [0, 0.1) is 5.92 Å². The number of ether oxygens (including phenoxy) is 2. The molecular formula is C17H28N4O2. The van der Waals surface area contributed by atoms with Crippen molar-refractivity contribution in [1.82, 2.24) is 5.32 Å². The molecule has 0 radical (unpaired) electrons. The highest BCUT2D eigenvalue weighted by atomic mass is 16.5. The molecule has 128 valence electrons. The summed E-state index contributed by atoms with van der Waals surface area (Å²) in [7, 11) is 3.39. The van der Waals surface area contributed by atoms with Crippen molar-refractivity contribution in [2.75, 3.05) is 45.4 Å². The van der Waals surface area contributed by atoms with Gasteiger partial charge in [-0.25, -0.2) is 0 Å². The third kappa shape index (κ3) is 5.03. The van der Waals surface area contributed by atoms with Crippen LogP contribution in [0.4, 0.5) is 5.69 Å². The molecule has 2 atom stereocenters. The van der Waals surface area contributed by atoms with E-state index in [1.54, 1.807) is 14.2 Å². The number of para-hydroxylation sites is 2. The lowest BCUT2D eigenvalue weighted by Gasteiger charge is -2.21. The molecule has 1 saturated heterocycles. The second kappa shape index (κ2) is 8.62. The van der Waals surface area contributed by atoms with E-state index in [2.05, 4.69) is 21.3 Å². The molecule has 1 aliphatic rings. The van der Waals surface area contributed by atoms with Gasteiger partial charge in [-0.05, 0) is 31.4 Å². The third-order valence-corrected chi connectivity index (χ3v) is 4.04. The number of rotatable bonds is 7. The Kier molecular flexibility index (Phi) is 6.52. The van der Waals surface area contributed by atoms with Crippen molar-refractivity contribution >= 4 is 11.6 Å². The predicted molar refractivity (Wildman–Crippen MR) is 94.3 cm³/mol. The van der Waals surface area contributed by atoms with Crippen LogP contribution in [0.15, 0.2) is 29.3 Å². The molecule has 1 aromatic rings. The quantitative estimate of drug-likeness (QED) is 0.588. The Morgan fingerprint density at radius 1 is 1.43 bits per heavy atom. The van der Waals surface area contributed by atoms with Crippen LogP contribution >= 0.6 is 0 Å². The summed E-state index contributed by atoms with van der Waals surface area (Å²) < 4.78 is 10.5. The van der Waals surface area contributed by atoms with Gasteiger partial charge in [0.1, 0.15) is 5.75 Å². The second-order valence-corrected chi connectivity index (χ2v) is 6.00. The zero-order valence-corrected chi connectivity index (χ0v) is 14.3. The summed E-state index contributed by atoms with van der Waals surface area (Å²) in [6, 6.07) is 8.31. The van der Waals surface area contributed by atoms with Gasteiger partial charge in [0, 0.05) is 32.8 Å². The van der Waals surface area contributed by atoms with Gasteiger partial charge in [0.2, 0.25) is 0 Å². The Labute approximate surface area is 138 Å². The van der Waals surface area contributed by atoms with Crippen molar-refractivity contribution in [2.45, 2.75) is 19.4 Å². The van der Waals surface area contributed by atoms with E-state index in [4.69, 9.17) is 15.2 Å². The van der Waals surface area contributed by atoms with E-state index in [-0.39, 0.29) is 6.04 Å². The molecule has 6 nitrogen and oxygen atoms in total. The zero-order valence-electron chi connectivity index (χ0n) is 14.3. The SMILES string of the molecule is COC[C@H](C)NC(N)=NC[C@@H]1CCN(c2ccccc2OC)C1. The number of benzene rings is 1. The number of nitrogens with two attached hydrogens (primary N) is 1. The standard InChI is InChI=1S/C17H28N4O2/c1-13(12-22-2)20-17(18)19-10-14-8-9-21(11-14)15-6-4-5-7-16(15)23-3/h4-7,13-14H,8-12H2,1-3H3,(H3,18,19,20)/t13-,14-/m0/s1. The Balaban J connectivity index is 1.86. The first kappa shape index (κ1) is 17.4. The number of nitrogens with zero attached hydrogens (tertiary/aromatic N) is 2. The van der Waals surface area contributed by atoms with Crippen LogP contribution in [-0.4, -0.2) is 52.5 Å². The van der Waals surface area contributed by atoms with Crippen molar-refractivity contribution in [3.8, 4) is 5.75 Å². The van der Waals surface area contributed by atoms with E-state index in [9.17, 15) is 0 Å². The first-order chi connectivity index (χ1) is 11.1. The summed E-state index contributed by atoms with van der Waals surface area (Å²) in [5, 5.41) is 3.14. The first-order valence-corrected chi connectivity index (χ1v) is 8.07. The molecule has 0 amide bonds. The smallest absolute Gasteiger partial charge is 0.188 e. The Morgan fingerprint density at radius 3 is 2.96 bits per heavy atom. The molecule has 0 aromatic heterocycles. The average molecular weight is 320 g/mol. The molecule has 6 heteroatoms. The highest BCUT2D eigenvalue weighted by Gasteiger charge is 2.24. The molecule has 0 bridgehead atoms. The Morgan fingerprint density at radius 2 is 2.22 bits per heavy atom. The number of nitrogens with one attached hydrogen (secondary N) is 1. The minimum absolute atomic E-state index is 0.164. The lowest BCUT2D eigenvalue weighted by molar-refractivity contribution is 0.179. The van der Waals surface area contributed by atoms with Crippen LogP contribution in [0.25, 0.3) is 0 Å². The number of anilines is 1. The maximum absolute atomic E-state index is 5.92. The molecule has 23 heavy (non-hydrogen) atoms. The fourth-order valence-electron chi connectivity index (χ4n) is 2.91. The minimum atomic E-state index is 0.164. The van der Waals surface area contributed by atoms with E-state index in [0.717, 1.165) is 37.5 Å². The first-order valence-electron chi connectivity index (χ1n) is 8.07. The molecule has 1 heterocycles. The average Bonchev–Trinajstić information content (AvgIpc) is 3.02. The number of hydrogen-bond donors (Lipinski definition) is 2. The van der Waals surface area contributed by atoms with Gasteiger partial charge < -0.3 is 25.4 Å². The number of hydrogen-bond acceptors (Lipinski definition) is 4. The van der Waals surface area contributed by atoms with Gasteiger partial charge in [-0.3, -0.25) is 4.99 Å². The summed E-state index contributed by atoms with van der Waals surface area (Å²) in [4.78, 5) is 6.83. The van der Waals surface area contributed by atoms with Gasteiger partial charge in [0.15, 0.2) is 5.96 Å². The summed E-state index contributed by atoms with van der Waals surface area (Å²) in [6.45, 7) is 5.37. The molecule has 1 aromatic carbocycles. The van der Waals surface area contributed by atoms with Gasteiger partial charge in [0.25, 0.3) is 0 Å². The fourth-order valence-corrected chi connectivity index (χ4v) is 2.91. The van der Waals surface area contributed by atoms with E-state index >= 15 is 0 Å². The minimum Gasteiger partial charge on any atom is -0.495 e. The molecular weight excluding hydrogens is 292 g/mol. The lowest BCUT2D eigenvalue weighted by Crippen LogP contribution is -2.41. The summed E-state index contributed by atoms with van der Waals surface area (Å²) >= 11 is 0. The van der Waals surface area contributed by atoms with Crippen LogP contribution in [0.1, 0.15) is 13.3 Å². The van der Waals surface area contributed by atoms with Crippen molar-refractivity contribution in [3.05, 3.63) is 24.3 Å². The molecule has 0 saturated carbocycles. The van der Waals surface area contributed by atoms with E-state index in [1.165, 1.54) is 0 Å². The van der Waals surface area contributed by atoms with Gasteiger partial charge in [-0.2, -0.15) is 0 Å². The van der Waals surface area contributed by atoms with Crippen LogP contribution in [-0.2, 0) is 4.74 Å². The van der Waals surface area contributed by atoms with Crippen molar-refractivity contribution in [1.29, 1.82) is 0 Å². The number of aliphatic imine (C=N–C) groups is 1. The molecule has 1 aliphatic heterocycles. The molecule has 0 aliphatic carbocycles. The normalized spacial score (nSPS) is 19.7. The lowest BCUT2D eigenvalue weighted by atomic mass is 10.1. The molecule has 0 unspecified atom stereocenters. The highest BCUT2D eigenvalue weighted by molar-refractivity contribution is 5.78. The maximum atomic E-state index is 5.92. The largest absolute Gasteiger partial charge is 0.495 e. The maximum Gasteiger partial charge on any atom is 0.188 e. The van der Waals surface area contributed by atoms with Gasteiger partial charge in [-0.1, -0.05) is 12.1 Å². The van der Waals surface area contributed by atoms with Gasteiger partial charge in [0.05, 0.1) is 19.4 Å². The van der Waals surface area contributed by atoms with Crippen LogP contribution in [0.5, 0.6) is 5.75 Å². The number of methoxy groups -OCH3 is 2. The molecule has 0 spiro atoms. The molecule has 3 N–H and O–H groups in total. The number of guanidine groups is 1. The monoisotopic (exact) mass is 320 g/mol. The highest BCUT2D eigenvalue weighted by Crippen LogP contribution is 2.31. The van der Waals surface area contributed by atoms with Crippen LogP contribution in [0.2, 0.25) is 0 Å². The van der Waals surface area contributed by atoms with Crippen LogP contribution in [0.3, 0.4) is 0 Å². The van der Waals surface area contributed by atoms with Crippen molar-refractivity contribution in [2.24, 2.45) is 16.6 Å². The fraction of sp³-hybridized carbons (Fsp3) is 0.588. The van der Waals surface area contributed by atoms with Crippen molar-refractivity contribution < 1.29 is 9.47 Å². The van der Waals surface area contributed by atoms with Gasteiger partial charge >= 0.3 is 0 Å². The summed E-state index contributed by atoms with van der Waals surface area (Å²) in [6.07, 6.45) is 1.11. The summed E-state index contributed by atoms with van der Waals surface area (Å²) in [5.41, 5.74) is 7.08. The zero-order chi connectivity index (χ0) is 16.7. The van der Waals surface area contributed by atoms with Crippen molar-refractivity contribution in [3.63, 3.8) is 0 Å². The third-order valence-electron chi connectivity index (χ3n) is 4.04. The van der Waals surface area contributed by atoms with E-state index in [1.807, 2.05) is 25.1 Å². The Bertz CT molecular complexity index is 521. The van der Waals surface area contributed by atoms with E-state index in [0.29, 0.717) is 18.5 Å². The topological polar surface area (TPSA) is 72.1 Å². The second-order valence-electron chi connectivity index (χ2n) is 6.00. The summed E-state index contributed by atoms with van der Waals surface area (Å²) in [5.74, 6) is 1.93. The van der Waals surface area contributed by atoms with Crippen LogP contribution < -0.4 is 20.7 Å². The van der Waals surface area contributed by atoms with E-state index < -0.39 is 0 Å².